The number of aromatic amines is 1. The van der Waals surface area contributed by atoms with E-state index in [1.54, 1.807) is 6.92 Å². The van der Waals surface area contributed by atoms with Gasteiger partial charge in [-0.2, -0.15) is 5.21 Å². The molecule has 1 aromatic heterocycles. The molecule has 96 valence electrons. The van der Waals surface area contributed by atoms with Crippen LogP contribution in [0, 0.1) is 0 Å². The van der Waals surface area contributed by atoms with E-state index in [-0.39, 0.29) is 12.4 Å². The van der Waals surface area contributed by atoms with Crippen molar-refractivity contribution in [1.29, 1.82) is 0 Å². The zero-order valence-electron chi connectivity index (χ0n) is 9.37. The molecule has 0 saturated carbocycles. The lowest BCUT2D eigenvalue weighted by Crippen LogP contribution is -2.33. The van der Waals surface area contributed by atoms with Crippen molar-refractivity contribution in [2.45, 2.75) is 19.9 Å². The van der Waals surface area contributed by atoms with Gasteiger partial charge in [0.25, 0.3) is 0 Å². The molecular formula is C7H13N5O4S. The van der Waals surface area contributed by atoms with Crippen LogP contribution in [0.1, 0.15) is 25.7 Å². The molecule has 0 fully saturated rings. The van der Waals surface area contributed by atoms with Crippen molar-refractivity contribution in [1.82, 2.24) is 25.3 Å². The van der Waals surface area contributed by atoms with Crippen LogP contribution >= 0.6 is 0 Å². The fourth-order valence-electron chi connectivity index (χ4n) is 1.07. The van der Waals surface area contributed by atoms with Gasteiger partial charge in [0, 0.05) is 0 Å². The Kier molecular flexibility index (Phi) is 4.52. The van der Waals surface area contributed by atoms with Crippen LogP contribution < -0.4 is 4.72 Å². The van der Waals surface area contributed by atoms with Crippen molar-refractivity contribution >= 4 is 16.0 Å². The molecule has 0 aromatic carbocycles. The highest BCUT2D eigenvalue weighted by Gasteiger charge is 2.22. The fraction of sp³-hybridized carbons (Fsp3) is 0.714. The van der Waals surface area contributed by atoms with Gasteiger partial charge in [-0.1, -0.05) is 5.21 Å². The third kappa shape index (κ3) is 4.44. The summed E-state index contributed by atoms with van der Waals surface area (Å²) in [7, 11) is -3.77. The number of hydrogen-bond acceptors (Lipinski definition) is 7. The largest absolute Gasteiger partial charge is 0.465 e. The number of nitrogens with zero attached hydrogens (tertiary/aromatic N) is 3. The second-order valence-electron chi connectivity index (χ2n) is 3.17. The highest BCUT2D eigenvalue weighted by molar-refractivity contribution is 7.90. The number of ether oxygens (including phenoxy) is 1. The van der Waals surface area contributed by atoms with Crippen molar-refractivity contribution in [2.24, 2.45) is 0 Å². The quantitative estimate of drug-likeness (QED) is 0.613. The fourth-order valence-corrected chi connectivity index (χ4v) is 2.20. The first kappa shape index (κ1) is 13.5. The summed E-state index contributed by atoms with van der Waals surface area (Å²) in [5, 5.41) is 12.8. The van der Waals surface area contributed by atoms with Gasteiger partial charge in [-0.15, -0.1) is 10.2 Å². The number of aromatic nitrogens is 4. The summed E-state index contributed by atoms with van der Waals surface area (Å²) in [5.41, 5.74) is 0. The Bertz CT molecular complexity index is 457. The Balaban J connectivity index is 2.58. The first-order valence-corrected chi connectivity index (χ1v) is 6.49. The van der Waals surface area contributed by atoms with Crippen molar-refractivity contribution in [3.63, 3.8) is 0 Å². The van der Waals surface area contributed by atoms with Gasteiger partial charge in [-0.25, -0.2) is 13.1 Å². The molecule has 1 rings (SSSR count). The second kappa shape index (κ2) is 5.68. The van der Waals surface area contributed by atoms with Crippen molar-refractivity contribution in [3.8, 4) is 0 Å². The summed E-state index contributed by atoms with van der Waals surface area (Å²) in [6, 6.07) is -0.673. The van der Waals surface area contributed by atoms with E-state index in [4.69, 9.17) is 0 Å². The number of rotatable bonds is 6. The van der Waals surface area contributed by atoms with Gasteiger partial charge in [-0.3, -0.25) is 4.79 Å². The minimum absolute atomic E-state index is 0.134. The molecule has 0 aliphatic carbocycles. The van der Waals surface area contributed by atoms with Gasteiger partial charge >= 0.3 is 5.97 Å². The van der Waals surface area contributed by atoms with Gasteiger partial charge in [-0.05, 0) is 13.8 Å². The Labute approximate surface area is 98.0 Å². The number of esters is 1. The van der Waals surface area contributed by atoms with Crippen molar-refractivity contribution < 1.29 is 17.9 Å². The van der Waals surface area contributed by atoms with Gasteiger partial charge < -0.3 is 4.74 Å². The van der Waals surface area contributed by atoms with Crippen LogP contribution in [0.15, 0.2) is 0 Å². The number of sulfonamides is 1. The maximum absolute atomic E-state index is 11.5. The number of H-pyrrole nitrogens is 1. The van der Waals surface area contributed by atoms with E-state index in [1.807, 2.05) is 0 Å². The van der Waals surface area contributed by atoms with Crippen LogP contribution in [-0.4, -0.2) is 47.4 Å². The molecule has 1 unspecified atom stereocenters. The maximum atomic E-state index is 11.5. The number of nitrogens with one attached hydrogen (secondary N) is 2. The molecule has 17 heavy (non-hydrogen) atoms. The minimum atomic E-state index is -3.77. The number of carbonyl (C=O) groups is 1. The number of hydrogen-bond donors (Lipinski definition) is 2. The summed E-state index contributed by atoms with van der Waals surface area (Å²) in [6.45, 7) is 3.27. The Morgan fingerprint density at radius 1 is 1.59 bits per heavy atom. The predicted octanol–water partition coefficient (Wildman–Crippen LogP) is -1.26. The molecule has 2 N–H and O–H groups in total. The Morgan fingerprint density at radius 2 is 2.29 bits per heavy atom. The predicted molar refractivity (Wildman–Crippen MR) is 56.1 cm³/mol. The third-order valence-electron chi connectivity index (χ3n) is 1.72. The normalized spacial score (nSPS) is 13.3. The smallest absolute Gasteiger partial charge is 0.322 e. The molecule has 0 spiro atoms. The summed E-state index contributed by atoms with van der Waals surface area (Å²) in [4.78, 5) is 11.0. The zero-order chi connectivity index (χ0) is 12.9. The van der Waals surface area contributed by atoms with E-state index < -0.39 is 27.8 Å². The minimum Gasteiger partial charge on any atom is -0.465 e. The molecule has 9 nitrogen and oxygen atoms in total. The Hall–Kier alpha value is -1.55. The molecule has 1 heterocycles. The van der Waals surface area contributed by atoms with Crippen LogP contribution in [0.2, 0.25) is 0 Å². The molecule has 0 radical (unpaired) electrons. The van der Waals surface area contributed by atoms with Crippen LogP contribution in [0.5, 0.6) is 0 Å². The lowest BCUT2D eigenvalue weighted by molar-refractivity contribution is -0.139. The first-order chi connectivity index (χ1) is 7.94. The molecule has 10 heteroatoms. The summed E-state index contributed by atoms with van der Waals surface area (Å²) < 4.78 is 29.8. The van der Waals surface area contributed by atoms with Crippen molar-refractivity contribution in [3.05, 3.63) is 5.82 Å². The second-order valence-corrected chi connectivity index (χ2v) is 4.93. The first-order valence-electron chi connectivity index (χ1n) is 4.83. The molecule has 0 amide bonds. The van der Waals surface area contributed by atoms with Crippen molar-refractivity contribution in [2.75, 3.05) is 12.4 Å². The third-order valence-corrected chi connectivity index (χ3v) is 3.05. The zero-order valence-corrected chi connectivity index (χ0v) is 10.2. The Morgan fingerprint density at radius 3 is 2.82 bits per heavy atom. The van der Waals surface area contributed by atoms with Gasteiger partial charge in [0.05, 0.1) is 12.6 Å². The average Bonchev–Trinajstić information content (AvgIpc) is 2.68. The molecule has 1 atom stereocenters. The topological polar surface area (TPSA) is 127 Å². The van der Waals surface area contributed by atoms with E-state index in [0.29, 0.717) is 0 Å². The van der Waals surface area contributed by atoms with E-state index in [0.717, 1.165) is 0 Å². The highest BCUT2D eigenvalue weighted by Crippen LogP contribution is 2.05. The molecular weight excluding hydrogens is 250 g/mol. The SMILES string of the molecule is CCOC(=O)CS(=O)(=O)NC(C)c1nn[nH]n1. The monoisotopic (exact) mass is 263 g/mol. The molecule has 0 aliphatic rings. The van der Waals surface area contributed by atoms with Gasteiger partial charge in [0.1, 0.15) is 0 Å². The molecule has 0 saturated heterocycles. The molecule has 0 aliphatic heterocycles. The number of tetrazole rings is 1. The van der Waals surface area contributed by atoms with E-state index in [2.05, 4.69) is 30.1 Å². The maximum Gasteiger partial charge on any atom is 0.322 e. The van der Waals surface area contributed by atoms with Crippen LogP contribution in [-0.2, 0) is 19.6 Å². The standard InChI is InChI=1S/C7H13N5O4S/c1-3-16-6(13)4-17(14,15)10-5(2)7-8-11-12-9-7/h5,10H,3-4H2,1-2H3,(H,8,9,11,12). The number of carbonyl (C=O) groups excluding carboxylic acids is 1. The molecule has 0 bridgehead atoms. The van der Waals surface area contributed by atoms with E-state index in [1.165, 1.54) is 6.92 Å². The van der Waals surface area contributed by atoms with E-state index >= 15 is 0 Å². The van der Waals surface area contributed by atoms with Crippen LogP contribution in [0.3, 0.4) is 0 Å². The highest BCUT2D eigenvalue weighted by atomic mass is 32.2. The molecule has 1 aromatic rings. The van der Waals surface area contributed by atoms with Gasteiger partial charge in [0.15, 0.2) is 11.6 Å². The summed E-state index contributed by atoms with van der Waals surface area (Å²) >= 11 is 0. The lowest BCUT2D eigenvalue weighted by atomic mass is 10.4. The van der Waals surface area contributed by atoms with Crippen LogP contribution in [0.25, 0.3) is 0 Å². The lowest BCUT2D eigenvalue weighted by Gasteiger charge is -2.09. The van der Waals surface area contributed by atoms with E-state index in [9.17, 15) is 13.2 Å². The van der Waals surface area contributed by atoms with Gasteiger partial charge in [0.2, 0.25) is 10.0 Å². The van der Waals surface area contributed by atoms with Crippen LogP contribution in [0.4, 0.5) is 0 Å². The summed E-state index contributed by atoms with van der Waals surface area (Å²) in [6.07, 6.45) is 0. The summed E-state index contributed by atoms with van der Waals surface area (Å²) in [5.74, 6) is -1.35. The average molecular weight is 263 g/mol.